The zero-order valence-electron chi connectivity index (χ0n) is 15.1. The fraction of sp³-hybridized carbons (Fsp3) is 0.368. The lowest BCUT2D eigenvalue weighted by molar-refractivity contribution is 0.0690. The molecular formula is C19H19N5O4. The number of nitrogens with one attached hydrogen (secondary N) is 1. The maximum absolute atomic E-state index is 13.1. The molecule has 3 aliphatic rings. The highest BCUT2D eigenvalue weighted by molar-refractivity contribution is 6.04. The minimum Gasteiger partial charge on any atom is -0.492 e. The topological polar surface area (TPSA) is 108 Å². The van der Waals surface area contributed by atoms with Crippen molar-refractivity contribution in [3.8, 4) is 5.75 Å². The maximum atomic E-state index is 13.1. The number of aryl methyl sites for hydroxylation is 1. The average Bonchev–Trinajstić information content (AvgIpc) is 3.12. The minimum atomic E-state index is -1.12. The van der Waals surface area contributed by atoms with Gasteiger partial charge in [0.1, 0.15) is 11.6 Å². The van der Waals surface area contributed by atoms with E-state index in [1.54, 1.807) is 17.2 Å². The van der Waals surface area contributed by atoms with Gasteiger partial charge in [-0.1, -0.05) is 0 Å². The van der Waals surface area contributed by atoms with Crippen molar-refractivity contribution in [3.63, 3.8) is 0 Å². The van der Waals surface area contributed by atoms with E-state index in [-0.39, 0.29) is 17.8 Å². The van der Waals surface area contributed by atoms with Gasteiger partial charge in [0.15, 0.2) is 11.5 Å². The molecule has 9 heteroatoms. The Balaban J connectivity index is 1.46. The summed E-state index contributed by atoms with van der Waals surface area (Å²) < 4.78 is 5.57. The highest BCUT2D eigenvalue weighted by atomic mass is 16.5. The average molecular weight is 381 g/mol. The van der Waals surface area contributed by atoms with Gasteiger partial charge in [-0.25, -0.2) is 19.6 Å². The van der Waals surface area contributed by atoms with Gasteiger partial charge in [0, 0.05) is 13.1 Å². The molecule has 1 fully saturated rings. The molecule has 2 amide bonds. The van der Waals surface area contributed by atoms with E-state index >= 15 is 0 Å². The summed E-state index contributed by atoms with van der Waals surface area (Å²) in [6.07, 6.45) is 4.25. The number of carboxylic acids is 1. The van der Waals surface area contributed by atoms with Gasteiger partial charge >= 0.3 is 12.0 Å². The van der Waals surface area contributed by atoms with Crippen molar-refractivity contribution >= 4 is 29.3 Å². The van der Waals surface area contributed by atoms with Crippen molar-refractivity contribution < 1.29 is 19.4 Å². The van der Waals surface area contributed by atoms with Crippen LogP contribution in [-0.2, 0) is 6.42 Å². The van der Waals surface area contributed by atoms with Gasteiger partial charge in [-0.15, -0.1) is 0 Å². The second-order valence-electron chi connectivity index (χ2n) is 7.16. The Morgan fingerprint density at radius 2 is 2.21 bits per heavy atom. The third-order valence-electron chi connectivity index (χ3n) is 5.42. The van der Waals surface area contributed by atoms with Crippen LogP contribution in [0.3, 0.4) is 0 Å². The lowest BCUT2D eigenvalue weighted by atomic mass is 10.1. The van der Waals surface area contributed by atoms with Crippen molar-refractivity contribution in [2.24, 2.45) is 0 Å². The first-order valence-corrected chi connectivity index (χ1v) is 9.31. The molecule has 28 heavy (non-hydrogen) atoms. The van der Waals surface area contributed by atoms with Crippen LogP contribution >= 0.6 is 0 Å². The molecule has 0 saturated carbocycles. The number of ether oxygens (including phenoxy) is 1. The van der Waals surface area contributed by atoms with Crippen molar-refractivity contribution in [1.29, 1.82) is 0 Å². The Labute approximate surface area is 160 Å². The summed E-state index contributed by atoms with van der Waals surface area (Å²) in [7, 11) is 0. The summed E-state index contributed by atoms with van der Waals surface area (Å²) >= 11 is 0. The van der Waals surface area contributed by atoms with Gasteiger partial charge in [0.05, 0.1) is 24.5 Å². The number of carbonyl (C=O) groups is 2. The van der Waals surface area contributed by atoms with E-state index in [2.05, 4.69) is 20.2 Å². The molecule has 5 heterocycles. The van der Waals surface area contributed by atoms with Crippen LogP contribution in [0, 0.1) is 0 Å². The summed E-state index contributed by atoms with van der Waals surface area (Å²) in [4.78, 5) is 36.7. The van der Waals surface area contributed by atoms with E-state index in [0.717, 1.165) is 42.8 Å². The van der Waals surface area contributed by atoms with Crippen LogP contribution in [0.2, 0.25) is 0 Å². The Bertz CT molecular complexity index is 979. The van der Waals surface area contributed by atoms with E-state index < -0.39 is 5.97 Å². The summed E-state index contributed by atoms with van der Waals surface area (Å²) in [6.45, 7) is 2.20. The van der Waals surface area contributed by atoms with E-state index in [0.29, 0.717) is 24.8 Å². The summed E-state index contributed by atoms with van der Waals surface area (Å²) in [5.41, 5.74) is 1.72. The predicted molar refractivity (Wildman–Crippen MR) is 101 cm³/mol. The number of carbonyl (C=O) groups excluding carboxylic acids is 1. The molecule has 9 nitrogen and oxygen atoms in total. The fourth-order valence-corrected chi connectivity index (χ4v) is 4.08. The number of urea groups is 1. The zero-order chi connectivity index (χ0) is 19.3. The third kappa shape index (κ3) is 2.70. The van der Waals surface area contributed by atoms with Gasteiger partial charge in [-0.05, 0) is 43.0 Å². The number of hydrogen-bond acceptors (Lipinski definition) is 6. The Morgan fingerprint density at radius 1 is 1.32 bits per heavy atom. The van der Waals surface area contributed by atoms with Crippen molar-refractivity contribution in [1.82, 2.24) is 9.97 Å². The van der Waals surface area contributed by atoms with Gasteiger partial charge < -0.3 is 14.7 Å². The SMILES string of the molecule is O=C(O)c1ccc2c(n1)N(C(=O)Nc1cc3c(cn1)OCCC3)[C@H]1CCN2C1. The Kier molecular flexibility index (Phi) is 3.81. The second kappa shape index (κ2) is 6.36. The first kappa shape index (κ1) is 16.8. The van der Waals surface area contributed by atoms with Crippen LogP contribution in [0.4, 0.5) is 22.1 Å². The van der Waals surface area contributed by atoms with E-state index in [1.165, 1.54) is 6.07 Å². The van der Waals surface area contributed by atoms with Gasteiger partial charge in [0.25, 0.3) is 0 Å². The third-order valence-corrected chi connectivity index (χ3v) is 5.42. The lowest BCUT2D eigenvalue weighted by Crippen LogP contribution is -2.48. The fourth-order valence-electron chi connectivity index (χ4n) is 4.08. The molecule has 2 bridgehead atoms. The van der Waals surface area contributed by atoms with E-state index in [4.69, 9.17) is 4.74 Å². The molecule has 144 valence electrons. The van der Waals surface area contributed by atoms with Crippen LogP contribution in [0.1, 0.15) is 28.9 Å². The number of pyridine rings is 2. The molecule has 0 radical (unpaired) electrons. The van der Waals surface area contributed by atoms with E-state index in [9.17, 15) is 14.7 Å². The molecule has 2 aromatic rings. The number of hydrogen-bond donors (Lipinski definition) is 2. The lowest BCUT2D eigenvalue weighted by Gasteiger charge is -2.35. The van der Waals surface area contributed by atoms with Crippen LogP contribution in [0.25, 0.3) is 0 Å². The summed E-state index contributed by atoms with van der Waals surface area (Å²) in [5, 5.41) is 12.1. The molecule has 2 aromatic heterocycles. The van der Waals surface area contributed by atoms with Gasteiger partial charge in [0.2, 0.25) is 0 Å². The smallest absolute Gasteiger partial charge is 0.354 e. The minimum absolute atomic E-state index is 0.0509. The van der Waals surface area contributed by atoms with Crippen molar-refractivity contribution in [2.45, 2.75) is 25.3 Å². The second-order valence-corrected chi connectivity index (χ2v) is 7.16. The number of fused-ring (bicyclic) bond motifs is 5. The first-order valence-electron chi connectivity index (χ1n) is 9.31. The molecule has 0 aliphatic carbocycles. The summed E-state index contributed by atoms with van der Waals surface area (Å²) in [6, 6.07) is 4.62. The number of carboxylic acid groups (broad SMARTS) is 1. The van der Waals surface area contributed by atoms with Crippen LogP contribution < -0.4 is 19.9 Å². The first-order chi connectivity index (χ1) is 13.6. The molecule has 3 aliphatic heterocycles. The molecule has 0 spiro atoms. The number of rotatable bonds is 2. The number of nitrogens with zero attached hydrogens (tertiary/aromatic N) is 4. The Morgan fingerprint density at radius 3 is 3.07 bits per heavy atom. The maximum Gasteiger partial charge on any atom is 0.354 e. The molecule has 0 unspecified atom stereocenters. The Hall–Kier alpha value is -3.36. The summed E-state index contributed by atoms with van der Waals surface area (Å²) in [5.74, 6) is 0.470. The molecule has 1 atom stereocenters. The molecule has 2 N–H and O–H groups in total. The van der Waals surface area contributed by atoms with Crippen LogP contribution in [0.5, 0.6) is 5.75 Å². The highest BCUT2D eigenvalue weighted by Gasteiger charge is 2.40. The molecule has 0 aromatic carbocycles. The molecule has 5 rings (SSSR count). The van der Waals surface area contributed by atoms with Gasteiger partial charge in [-0.3, -0.25) is 10.2 Å². The number of aromatic carboxylic acids is 1. The van der Waals surface area contributed by atoms with E-state index in [1.807, 2.05) is 6.07 Å². The molecule has 1 saturated heterocycles. The monoisotopic (exact) mass is 381 g/mol. The zero-order valence-corrected chi connectivity index (χ0v) is 15.1. The highest BCUT2D eigenvalue weighted by Crippen LogP contribution is 2.39. The quantitative estimate of drug-likeness (QED) is 0.820. The number of amides is 2. The standard InChI is InChI=1S/C19H19N5O4/c25-18(26)13-3-4-14-17(21-13)24(12-5-6-23(14)10-12)19(27)22-16-8-11-2-1-7-28-15(11)9-20-16/h3-4,8-9,12H,1-2,5-7,10H2,(H,25,26)(H,20,22,27)/t12-/m0/s1. The number of aromatic nitrogens is 2. The largest absolute Gasteiger partial charge is 0.492 e. The van der Waals surface area contributed by atoms with Crippen LogP contribution in [0.15, 0.2) is 24.4 Å². The van der Waals surface area contributed by atoms with Crippen LogP contribution in [-0.4, -0.2) is 52.8 Å². The number of anilines is 3. The van der Waals surface area contributed by atoms with Crippen molar-refractivity contribution in [2.75, 3.05) is 34.8 Å². The predicted octanol–water partition coefficient (Wildman–Crippen LogP) is 2.13. The normalized spacial score (nSPS) is 19.5. The van der Waals surface area contributed by atoms with Gasteiger partial charge in [-0.2, -0.15) is 0 Å². The van der Waals surface area contributed by atoms with Crippen molar-refractivity contribution in [3.05, 3.63) is 35.7 Å². The molecular weight excluding hydrogens is 362 g/mol.